The lowest BCUT2D eigenvalue weighted by Gasteiger charge is -2.33. The molecule has 0 unspecified atom stereocenters. The van der Waals surface area contributed by atoms with Crippen molar-refractivity contribution in [1.82, 2.24) is 0 Å². The maximum absolute atomic E-state index is 6.07. The molecule has 0 aliphatic carbocycles. The Kier molecular flexibility index (Phi) is 7.32. The van der Waals surface area contributed by atoms with Gasteiger partial charge in [0.25, 0.3) is 0 Å². The molecule has 0 atom stereocenters. The monoisotopic (exact) mass is 474 g/mol. The van der Waals surface area contributed by atoms with Gasteiger partial charge in [0.1, 0.15) is 34.1 Å². The molecular weight excluding hydrogens is 432 g/mol. The van der Waals surface area contributed by atoms with Gasteiger partial charge in [0.2, 0.25) is 0 Å². The van der Waals surface area contributed by atoms with Crippen molar-refractivity contribution < 1.29 is 14.2 Å². The van der Waals surface area contributed by atoms with Crippen LogP contribution in [0.2, 0.25) is 0 Å². The van der Waals surface area contributed by atoms with Gasteiger partial charge in [0, 0.05) is 5.41 Å². The van der Waals surface area contributed by atoms with E-state index in [0.717, 1.165) is 17.2 Å². The maximum Gasteiger partial charge on any atom is 0.120 e. The first-order valence-electron chi connectivity index (χ1n) is 12.4. The molecule has 0 spiro atoms. The van der Waals surface area contributed by atoms with E-state index in [1.165, 1.54) is 16.7 Å². The molecular formula is C32H42O3. The second kappa shape index (κ2) is 9.60. The molecule has 0 fully saturated rings. The van der Waals surface area contributed by atoms with E-state index in [0.29, 0.717) is 0 Å². The zero-order valence-corrected chi connectivity index (χ0v) is 23.2. The fourth-order valence-corrected chi connectivity index (χ4v) is 4.13. The van der Waals surface area contributed by atoms with Crippen molar-refractivity contribution in [3.8, 4) is 17.2 Å². The van der Waals surface area contributed by atoms with Gasteiger partial charge in [0.05, 0.1) is 0 Å². The van der Waals surface area contributed by atoms with Gasteiger partial charge in [-0.25, -0.2) is 0 Å². The predicted molar refractivity (Wildman–Crippen MR) is 146 cm³/mol. The van der Waals surface area contributed by atoms with E-state index in [2.05, 4.69) is 142 Å². The fourth-order valence-electron chi connectivity index (χ4n) is 4.13. The Morgan fingerprint density at radius 1 is 0.343 bits per heavy atom. The average molecular weight is 475 g/mol. The summed E-state index contributed by atoms with van der Waals surface area (Å²) in [5.41, 5.74) is 2.47. The second-order valence-electron chi connectivity index (χ2n) is 12.3. The highest BCUT2D eigenvalue weighted by atomic mass is 16.5. The van der Waals surface area contributed by atoms with Crippen LogP contribution < -0.4 is 14.2 Å². The fraction of sp³-hybridized carbons (Fsp3) is 0.438. The third-order valence-electron chi connectivity index (χ3n) is 5.57. The Bertz CT molecular complexity index is 944. The molecule has 3 nitrogen and oxygen atoms in total. The van der Waals surface area contributed by atoms with Gasteiger partial charge in [-0.1, -0.05) is 36.4 Å². The Balaban J connectivity index is 2.05. The van der Waals surface area contributed by atoms with Gasteiger partial charge in [-0.05, 0) is 122 Å². The van der Waals surface area contributed by atoms with E-state index in [1.807, 2.05) is 0 Å². The van der Waals surface area contributed by atoms with Gasteiger partial charge in [-0.15, -0.1) is 0 Å². The van der Waals surface area contributed by atoms with Crippen LogP contribution in [-0.4, -0.2) is 16.8 Å². The zero-order chi connectivity index (χ0) is 26.1. The van der Waals surface area contributed by atoms with Gasteiger partial charge in [-0.3, -0.25) is 0 Å². The van der Waals surface area contributed by atoms with Crippen LogP contribution >= 0.6 is 0 Å². The lowest BCUT2D eigenvalue weighted by molar-refractivity contribution is 0.130. The first-order valence-corrected chi connectivity index (χ1v) is 12.4. The molecule has 0 aliphatic rings. The van der Waals surface area contributed by atoms with Crippen molar-refractivity contribution in [1.29, 1.82) is 0 Å². The SMILES string of the molecule is CC(C)(C)Oc1ccc(C(C)(c2ccc(OC(C)(C)C)cc2)c2ccc(OC(C)(C)C)cc2)cc1. The van der Waals surface area contributed by atoms with E-state index < -0.39 is 0 Å². The van der Waals surface area contributed by atoms with Crippen molar-refractivity contribution in [2.24, 2.45) is 0 Å². The summed E-state index contributed by atoms with van der Waals surface area (Å²) >= 11 is 0. The second-order valence-corrected chi connectivity index (χ2v) is 12.3. The third kappa shape index (κ3) is 7.27. The van der Waals surface area contributed by atoms with Crippen LogP contribution in [0.5, 0.6) is 17.2 Å². The molecule has 3 aromatic rings. The summed E-state index contributed by atoms with van der Waals surface area (Å²) in [5, 5.41) is 0. The van der Waals surface area contributed by atoms with E-state index in [4.69, 9.17) is 14.2 Å². The molecule has 0 saturated carbocycles. The predicted octanol–water partition coefficient (Wildman–Crippen LogP) is 8.57. The van der Waals surface area contributed by atoms with Gasteiger partial charge < -0.3 is 14.2 Å². The standard InChI is InChI=1S/C32H42O3/c1-29(2,3)33-26-17-11-23(12-18-26)32(10,24-13-19-27(20-14-24)34-30(4,5)6)25-15-21-28(22-16-25)35-31(7,8)9/h11-22H,1-10H3. The minimum Gasteiger partial charge on any atom is -0.488 e. The van der Waals surface area contributed by atoms with Crippen LogP contribution in [-0.2, 0) is 5.41 Å². The molecule has 0 heterocycles. The lowest BCUT2D eigenvalue weighted by atomic mass is 9.71. The number of benzene rings is 3. The Morgan fingerprint density at radius 3 is 0.714 bits per heavy atom. The molecule has 0 saturated heterocycles. The number of hydrogen-bond donors (Lipinski definition) is 0. The summed E-state index contributed by atoms with van der Waals surface area (Å²) in [6, 6.07) is 25.4. The summed E-state index contributed by atoms with van der Waals surface area (Å²) in [5.74, 6) is 2.60. The molecule has 0 aliphatic heterocycles. The smallest absolute Gasteiger partial charge is 0.120 e. The third-order valence-corrected chi connectivity index (χ3v) is 5.57. The summed E-state index contributed by atoms with van der Waals surface area (Å²) in [7, 11) is 0. The molecule has 0 radical (unpaired) electrons. The number of hydrogen-bond acceptors (Lipinski definition) is 3. The minimum absolute atomic E-state index is 0.239. The van der Waals surface area contributed by atoms with E-state index in [-0.39, 0.29) is 22.2 Å². The van der Waals surface area contributed by atoms with Crippen LogP contribution in [0.25, 0.3) is 0 Å². The first-order chi connectivity index (χ1) is 16.1. The maximum atomic E-state index is 6.07. The number of rotatable bonds is 6. The normalized spacial score (nSPS) is 12.9. The highest BCUT2D eigenvalue weighted by molar-refractivity contribution is 5.52. The van der Waals surface area contributed by atoms with Crippen LogP contribution in [0, 0.1) is 0 Å². The first kappa shape index (κ1) is 26.7. The largest absolute Gasteiger partial charge is 0.488 e. The van der Waals surface area contributed by atoms with Crippen molar-refractivity contribution in [2.45, 2.75) is 91.5 Å². The molecule has 0 aromatic heterocycles. The van der Waals surface area contributed by atoms with Crippen LogP contribution in [0.1, 0.15) is 85.9 Å². The van der Waals surface area contributed by atoms with Crippen molar-refractivity contribution >= 4 is 0 Å². The average Bonchev–Trinajstić information content (AvgIpc) is 2.71. The molecule has 188 valence electrons. The highest BCUT2D eigenvalue weighted by Gasteiger charge is 2.32. The summed E-state index contributed by atoms with van der Waals surface area (Å²) in [6.07, 6.45) is 0. The van der Waals surface area contributed by atoms with Crippen LogP contribution in [0.3, 0.4) is 0 Å². The van der Waals surface area contributed by atoms with Crippen molar-refractivity contribution in [3.05, 3.63) is 89.5 Å². The molecule has 3 rings (SSSR count). The van der Waals surface area contributed by atoms with Gasteiger partial charge >= 0.3 is 0 Å². The zero-order valence-electron chi connectivity index (χ0n) is 23.2. The number of ether oxygens (including phenoxy) is 3. The molecule has 35 heavy (non-hydrogen) atoms. The topological polar surface area (TPSA) is 27.7 Å². The van der Waals surface area contributed by atoms with Gasteiger partial charge in [0.15, 0.2) is 0 Å². The van der Waals surface area contributed by atoms with E-state index in [1.54, 1.807) is 0 Å². The van der Waals surface area contributed by atoms with Crippen LogP contribution in [0.4, 0.5) is 0 Å². The highest BCUT2D eigenvalue weighted by Crippen LogP contribution is 2.41. The van der Waals surface area contributed by atoms with Gasteiger partial charge in [-0.2, -0.15) is 0 Å². The molecule has 0 amide bonds. The van der Waals surface area contributed by atoms with E-state index >= 15 is 0 Å². The quantitative estimate of drug-likeness (QED) is 0.335. The Morgan fingerprint density at radius 2 is 0.543 bits per heavy atom. The molecule has 0 bridgehead atoms. The molecule has 3 aromatic carbocycles. The summed E-state index contributed by atoms with van der Waals surface area (Å²) in [4.78, 5) is 0. The van der Waals surface area contributed by atoms with E-state index in [9.17, 15) is 0 Å². The van der Waals surface area contributed by atoms with Crippen molar-refractivity contribution in [2.75, 3.05) is 0 Å². The molecule has 0 N–H and O–H groups in total. The molecule has 3 heteroatoms. The lowest BCUT2D eigenvalue weighted by Crippen LogP contribution is -2.27. The van der Waals surface area contributed by atoms with Crippen LogP contribution in [0.15, 0.2) is 72.8 Å². The summed E-state index contributed by atoms with van der Waals surface area (Å²) in [6.45, 7) is 20.8. The van der Waals surface area contributed by atoms with Crippen molar-refractivity contribution in [3.63, 3.8) is 0 Å². The summed E-state index contributed by atoms with van der Waals surface area (Å²) < 4.78 is 18.2. The minimum atomic E-state index is -0.374. The Labute approximate surface area is 212 Å². The Hall–Kier alpha value is -2.94.